The molecule has 0 saturated carbocycles. The third-order valence-electron chi connectivity index (χ3n) is 2.73. The van der Waals surface area contributed by atoms with Crippen LogP contribution in [0.4, 0.5) is 0 Å². The first-order valence-electron chi connectivity index (χ1n) is 6.52. The Bertz CT molecular complexity index is 517. The molecule has 0 fully saturated rings. The summed E-state index contributed by atoms with van der Waals surface area (Å²) in [6, 6.07) is 1.73. The Labute approximate surface area is 123 Å². The smallest absolute Gasteiger partial charge is 0.338 e. The van der Waals surface area contributed by atoms with Gasteiger partial charge in [0.2, 0.25) is 5.91 Å². The fraction of sp³-hybridized carbons (Fsp3) is 0.500. The zero-order valence-electron chi connectivity index (χ0n) is 12.2. The van der Waals surface area contributed by atoms with E-state index >= 15 is 0 Å². The third kappa shape index (κ3) is 4.23. The van der Waals surface area contributed by atoms with E-state index in [4.69, 9.17) is 0 Å². The van der Waals surface area contributed by atoms with Crippen LogP contribution in [0.3, 0.4) is 0 Å². The summed E-state index contributed by atoms with van der Waals surface area (Å²) < 4.78 is 0. The van der Waals surface area contributed by atoms with Crippen LogP contribution in [0.2, 0.25) is 0 Å². The number of rotatable bonds is 6. The second-order valence-electron chi connectivity index (χ2n) is 4.62. The Balaban J connectivity index is 2.96. The minimum atomic E-state index is -1.02. The number of nitrogens with one attached hydrogen (secondary N) is 1. The van der Waals surface area contributed by atoms with Gasteiger partial charge in [-0.05, 0) is 38.8 Å². The van der Waals surface area contributed by atoms with E-state index in [2.05, 4.69) is 10.3 Å². The van der Waals surface area contributed by atoms with Crippen molar-refractivity contribution in [3.63, 3.8) is 0 Å². The van der Waals surface area contributed by atoms with Crippen LogP contribution in [0.25, 0.3) is 0 Å². The van der Waals surface area contributed by atoms with Crippen LogP contribution < -0.4 is 5.32 Å². The van der Waals surface area contributed by atoms with Gasteiger partial charge in [-0.15, -0.1) is 0 Å². The fourth-order valence-corrected chi connectivity index (χ4v) is 2.85. The van der Waals surface area contributed by atoms with Crippen LogP contribution in [-0.2, 0) is 4.79 Å². The van der Waals surface area contributed by atoms with E-state index in [9.17, 15) is 14.7 Å². The summed E-state index contributed by atoms with van der Waals surface area (Å²) in [6.45, 7) is 7.90. The van der Waals surface area contributed by atoms with Gasteiger partial charge in [-0.1, -0.05) is 18.7 Å². The minimum absolute atomic E-state index is 0.103. The van der Waals surface area contributed by atoms with Gasteiger partial charge >= 0.3 is 5.97 Å². The third-order valence-corrected chi connectivity index (χ3v) is 3.82. The highest BCUT2D eigenvalue weighted by molar-refractivity contribution is 8.00. The zero-order chi connectivity index (χ0) is 15.3. The van der Waals surface area contributed by atoms with Crippen molar-refractivity contribution < 1.29 is 14.7 Å². The molecule has 0 bridgehead atoms. The van der Waals surface area contributed by atoms with Crippen molar-refractivity contribution in [2.24, 2.45) is 0 Å². The molecule has 2 N–H and O–H groups in total. The summed E-state index contributed by atoms with van der Waals surface area (Å²) in [4.78, 5) is 27.4. The lowest BCUT2D eigenvalue weighted by molar-refractivity contribution is -0.120. The molecule has 0 aliphatic heterocycles. The normalized spacial score (nSPS) is 12.0. The number of aromatic nitrogens is 1. The molecular formula is C14H20N2O3S. The van der Waals surface area contributed by atoms with Crippen molar-refractivity contribution in [1.29, 1.82) is 0 Å². The number of amides is 1. The number of carboxylic acids is 1. The largest absolute Gasteiger partial charge is 0.478 e. The molecule has 110 valence electrons. The summed E-state index contributed by atoms with van der Waals surface area (Å²) in [7, 11) is 0. The van der Waals surface area contributed by atoms with Gasteiger partial charge in [0.05, 0.1) is 10.8 Å². The predicted octanol–water partition coefficient (Wildman–Crippen LogP) is 2.40. The number of aromatic carboxylic acids is 1. The van der Waals surface area contributed by atoms with E-state index in [0.717, 1.165) is 12.1 Å². The molecule has 1 rings (SSSR count). The van der Waals surface area contributed by atoms with Gasteiger partial charge in [-0.2, -0.15) is 0 Å². The maximum atomic E-state index is 11.9. The van der Waals surface area contributed by atoms with Crippen molar-refractivity contribution >= 4 is 23.6 Å². The van der Waals surface area contributed by atoms with E-state index in [1.807, 2.05) is 13.8 Å². The first-order chi connectivity index (χ1) is 9.36. The molecule has 0 aromatic carbocycles. The summed E-state index contributed by atoms with van der Waals surface area (Å²) in [5.41, 5.74) is 1.58. The summed E-state index contributed by atoms with van der Waals surface area (Å²) >= 11 is 1.18. The minimum Gasteiger partial charge on any atom is -0.478 e. The highest BCUT2D eigenvalue weighted by Gasteiger charge is 2.21. The standard InChI is InChI=1S/C14H20N2O3S/c1-5-6-15-12(17)10(4)20-13-11(14(18)19)8(2)7-9(3)16-13/h7,10H,5-6H2,1-4H3,(H,15,17)(H,18,19). The zero-order valence-corrected chi connectivity index (χ0v) is 13.0. The Kier molecular flexibility index (Phi) is 6.01. The number of hydrogen-bond donors (Lipinski definition) is 2. The van der Waals surface area contributed by atoms with Crippen molar-refractivity contribution in [3.8, 4) is 0 Å². The van der Waals surface area contributed by atoms with Crippen molar-refractivity contribution in [1.82, 2.24) is 10.3 Å². The lowest BCUT2D eigenvalue weighted by atomic mass is 10.1. The van der Waals surface area contributed by atoms with Crippen LogP contribution in [0.1, 0.15) is 41.9 Å². The molecule has 6 heteroatoms. The van der Waals surface area contributed by atoms with Crippen LogP contribution >= 0.6 is 11.8 Å². The molecule has 1 unspecified atom stereocenters. The molecule has 0 spiro atoms. The van der Waals surface area contributed by atoms with Gasteiger partial charge in [-0.3, -0.25) is 4.79 Å². The maximum absolute atomic E-state index is 11.9. The van der Waals surface area contributed by atoms with Crippen molar-refractivity contribution in [2.45, 2.75) is 44.4 Å². The van der Waals surface area contributed by atoms with Crippen LogP contribution in [0.5, 0.6) is 0 Å². The Hall–Kier alpha value is -1.56. The maximum Gasteiger partial charge on any atom is 0.338 e. The van der Waals surface area contributed by atoms with Gasteiger partial charge in [0.25, 0.3) is 0 Å². The number of pyridine rings is 1. The second-order valence-corrected chi connectivity index (χ2v) is 5.95. The van der Waals surface area contributed by atoms with E-state index in [1.54, 1.807) is 19.9 Å². The molecule has 5 nitrogen and oxygen atoms in total. The highest BCUT2D eigenvalue weighted by Crippen LogP contribution is 2.27. The number of carbonyl (C=O) groups is 2. The van der Waals surface area contributed by atoms with Crippen LogP contribution in [-0.4, -0.2) is 33.8 Å². The summed E-state index contributed by atoms with van der Waals surface area (Å²) in [5.74, 6) is -1.12. The number of aryl methyl sites for hydroxylation is 2. The Morgan fingerprint density at radius 3 is 2.65 bits per heavy atom. The van der Waals surface area contributed by atoms with Gasteiger partial charge in [0, 0.05) is 12.2 Å². The predicted molar refractivity (Wildman–Crippen MR) is 79.3 cm³/mol. The number of thioether (sulfide) groups is 1. The van der Waals surface area contributed by atoms with Gasteiger partial charge in [0.1, 0.15) is 5.03 Å². The number of carboxylic acid groups (broad SMARTS) is 1. The number of nitrogens with zero attached hydrogens (tertiary/aromatic N) is 1. The first-order valence-corrected chi connectivity index (χ1v) is 7.40. The topological polar surface area (TPSA) is 79.3 Å². The second kappa shape index (κ2) is 7.28. The van der Waals surface area contributed by atoms with Gasteiger partial charge in [-0.25, -0.2) is 9.78 Å². The highest BCUT2D eigenvalue weighted by atomic mass is 32.2. The van der Waals surface area contributed by atoms with Crippen molar-refractivity contribution in [3.05, 3.63) is 22.9 Å². The van der Waals surface area contributed by atoms with Crippen LogP contribution in [0, 0.1) is 13.8 Å². The molecule has 1 aromatic heterocycles. The Morgan fingerprint density at radius 1 is 1.45 bits per heavy atom. The molecule has 0 radical (unpaired) electrons. The molecule has 1 heterocycles. The quantitative estimate of drug-likeness (QED) is 0.788. The first kappa shape index (κ1) is 16.5. The van der Waals surface area contributed by atoms with E-state index < -0.39 is 5.97 Å². The van der Waals surface area contributed by atoms with Gasteiger partial charge < -0.3 is 10.4 Å². The average molecular weight is 296 g/mol. The number of hydrogen-bond acceptors (Lipinski definition) is 4. The fourth-order valence-electron chi connectivity index (χ4n) is 1.76. The molecule has 1 aromatic rings. The lowest BCUT2D eigenvalue weighted by Gasteiger charge is -2.14. The summed E-state index contributed by atoms with van der Waals surface area (Å²) in [5, 5.41) is 12.1. The SMILES string of the molecule is CCCNC(=O)C(C)Sc1nc(C)cc(C)c1C(=O)O. The molecule has 0 aliphatic rings. The average Bonchev–Trinajstić information content (AvgIpc) is 2.34. The molecule has 1 atom stereocenters. The molecular weight excluding hydrogens is 276 g/mol. The van der Waals surface area contributed by atoms with Gasteiger partial charge in [0.15, 0.2) is 0 Å². The molecule has 20 heavy (non-hydrogen) atoms. The Morgan fingerprint density at radius 2 is 2.10 bits per heavy atom. The number of carbonyl (C=O) groups excluding carboxylic acids is 1. The van der Waals surface area contributed by atoms with E-state index in [1.165, 1.54) is 11.8 Å². The molecule has 1 amide bonds. The van der Waals surface area contributed by atoms with E-state index in [-0.39, 0.29) is 16.7 Å². The molecule has 0 saturated heterocycles. The lowest BCUT2D eigenvalue weighted by Crippen LogP contribution is -2.31. The summed E-state index contributed by atoms with van der Waals surface area (Å²) in [6.07, 6.45) is 0.866. The van der Waals surface area contributed by atoms with Crippen LogP contribution in [0.15, 0.2) is 11.1 Å². The molecule has 0 aliphatic carbocycles. The monoisotopic (exact) mass is 296 g/mol. The van der Waals surface area contributed by atoms with E-state index in [0.29, 0.717) is 17.1 Å². The van der Waals surface area contributed by atoms with Crippen molar-refractivity contribution in [2.75, 3.05) is 6.54 Å².